The monoisotopic (exact) mass is 333 g/mol. The van der Waals surface area contributed by atoms with Gasteiger partial charge in [0.1, 0.15) is 17.2 Å². The molecule has 1 N–H and O–H groups in total. The second-order valence-corrected chi connectivity index (χ2v) is 5.41. The van der Waals surface area contributed by atoms with Gasteiger partial charge in [-0.3, -0.25) is 0 Å². The molecule has 1 heterocycles. The Hall–Kier alpha value is -1.65. The molecule has 2 nitrogen and oxygen atoms in total. The van der Waals surface area contributed by atoms with Crippen molar-refractivity contribution in [3.05, 3.63) is 70.1 Å². The van der Waals surface area contributed by atoms with Gasteiger partial charge in [0.2, 0.25) is 0 Å². The number of fused-ring (bicyclic) bond motifs is 1. The van der Waals surface area contributed by atoms with Crippen molar-refractivity contribution < 1.29 is 8.81 Å². The maximum absolute atomic E-state index is 14.3. The average Bonchev–Trinajstić information content (AvgIpc) is 2.87. The molecule has 102 valence electrons. The summed E-state index contributed by atoms with van der Waals surface area (Å²) in [6, 6.07) is 14.6. The number of halogens is 2. The van der Waals surface area contributed by atoms with E-state index in [1.807, 2.05) is 36.4 Å². The van der Waals surface area contributed by atoms with E-state index in [1.165, 1.54) is 0 Å². The fourth-order valence-corrected chi connectivity index (χ4v) is 2.72. The average molecular weight is 334 g/mol. The highest BCUT2D eigenvalue weighted by molar-refractivity contribution is 9.10. The van der Waals surface area contributed by atoms with Gasteiger partial charge in [-0.1, -0.05) is 30.3 Å². The third-order valence-corrected chi connectivity index (χ3v) is 3.92. The van der Waals surface area contributed by atoms with Crippen LogP contribution in [-0.2, 0) is 0 Å². The minimum atomic E-state index is -0.320. The van der Waals surface area contributed by atoms with Crippen molar-refractivity contribution in [2.75, 3.05) is 7.05 Å². The summed E-state index contributed by atoms with van der Waals surface area (Å²) < 4.78 is 20.5. The molecule has 1 atom stereocenters. The van der Waals surface area contributed by atoms with Crippen LogP contribution in [0.5, 0.6) is 0 Å². The fourth-order valence-electron chi connectivity index (χ4n) is 2.34. The predicted molar refractivity (Wildman–Crippen MR) is 81.2 cm³/mol. The summed E-state index contributed by atoms with van der Waals surface area (Å²) in [5, 5.41) is 4.12. The molecule has 2 aromatic carbocycles. The first kappa shape index (κ1) is 13.3. The lowest BCUT2D eigenvalue weighted by Crippen LogP contribution is -2.18. The third-order valence-electron chi connectivity index (χ3n) is 3.31. The van der Waals surface area contributed by atoms with Crippen LogP contribution < -0.4 is 5.32 Å². The quantitative estimate of drug-likeness (QED) is 0.755. The van der Waals surface area contributed by atoms with Gasteiger partial charge in [-0.05, 0) is 41.2 Å². The van der Waals surface area contributed by atoms with Gasteiger partial charge < -0.3 is 9.73 Å². The van der Waals surface area contributed by atoms with Crippen molar-refractivity contribution in [3.63, 3.8) is 0 Å². The normalized spacial score (nSPS) is 12.8. The van der Waals surface area contributed by atoms with Crippen LogP contribution in [-0.4, -0.2) is 7.05 Å². The zero-order valence-corrected chi connectivity index (χ0v) is 12.4. The highest BCUT2D eigenvalue weighted by atomic mass is 79.9. The Labute approximate surface area is 124 Å². The number of nitrogens with one attached hydrogen (secondary N) is 1. The van der Waals surface area contributed by atoms with Crippen molar-refractivity contribution in [1.82, 2.24) is 5.32 Å². The van der Waals surface area contributed by atoms with Crippen LogP contribution in [0.4, 0.5) is 4.39 Å². The first-order valence-corrected chi connectivity index (χ1v) is 7.09. The van der Waals surface area contributed by atoms with Crippen LogP contribution in [0.25, 0.3) is 11.0 Å². The van der Waals surface area contributed by atoms with E-state index in [0.29, 0.717) is 15.8 Å². The number of hydrogen-bond acceptors (Lipinski definition) is 2. The predicted octanol–water partition coefficient (Wildman–Crippen LogP) is 4.64. The fraction of sp³-hybridized carbons (Fsp3) is 0.125. The Morgan fingerprint density at radius 3 is 2.70 bits per heavy atom. The Kier molecular flexibility index (Phi) is 3.59. The maximum Gasteiger partial charge on any atom is 0.142 e. The molecule has 0 fully saturated rings. The van der Waals surface area contributed by atoms with Gasteiger partial charge in [0.25, 0.3) is 0 Å². The Morgan fingerprint density at radius 1 is 1.15 bits per heavy atom. The molecule has 0 bridgehead atoms. The summed E-state index contributed by atoms with van der Waals surface area (Å²) in [7, 11) is 1.79. The lowest BCUT2D eigenvalue weighted by Gasteiger charge is -2.15. The van der Waals surface area contributed by atoms with E-state index in [4.69, 9.17) is 4.42 Å². The van der Waals surface area contributed by atoms with Crippen molar-refractivity contribution in [2.45, 2.75) is 6.04 Å². The van der Waals surface area contributed by atoms with E-state index in [9.17, 15) is 4.39 Å². The topological polar surface area (TPSA) is 25.2 Å². The minimum absolute atomic E-state index is 0.271. The van der Waals surface area contributed by atoms with Gasteiger partial charge in [-0.15, -0.1) is 0 Å². The van der Waals surface area contributed by atoms with Crippen LogP contribution in [0.2, 0.25) is 0 Å². The molecule has 0 saturated carbocycles. The summed E-state index contributed by atoms with van der Waals surface area (Å²) in [5.74, 6) is 0.429. The van der Waals surface area contributed by atoms with Gasteiger partial charge in [-0.2, -0.15) is 0 Å². The standard InChI is InChI=1S/C16H13BrFNO/c1-19-16(11-6-4-7-12(17)15(11)18)14-9-10-5-2-3-8-13(10)20-14/h2-9,16,19H,1H3. The van der Waals surface area contributed by atoms with Crippen molar-refractivity contribution in [3.8, 4) is 0 Å². The number of hydrogen-bond donors (Lipinski definition) is 1. The largest absolute Gasteiger partial charge is 0.459 e. The molecule has 4 heteroatoms. The lowest BCUT2D eigenvalue weighted by atomic mass is 10.0. The van der Waals surface area contributed by atoms with Crippen LogP contribution >= 0.6 is 15.9 Å². The summed E-state index contributed by atoms with van der Waals surface area (Å²) in [6.07, 6.45) is 0. The maximum atomic E-state index is 14.3. The molecule has 0 aliphatic carbocycles. The minimum Gasteiger partial charge on any atom is -0.459 e. The Morgan fingerprint density at radius 2 is 1.95 bits per heavy atom. The summed E-state index contributed by atoms with van der Waals surface area (Å²) in [4.78, 5) is 0. The van der Waals surface area contributed by atoms with Crippen LogP contribution in [0.3, 0.4) is 0 Å². The van der Waals surface area contributed by atoms with E-state index >= 15 is 0 Å². The number of benzene rings is 2. The highest BCUT2D eigenvalue weighted by Crippen LogP contribution is 2.31. The van der Waals surface area contributed by atoms with Crippen molar-refractivity contribution in [1.29, 1.82) is 0 Å². The zero-order chi connectivity index (χ0) is 14.1. The number of para-hydroxylation sites is 1. The molecule has 0 radical (unpaired) electrons. The molecule has 0 saturated heterocycles. The highest BCUT2D eigenvalue weighted by Gasteiger charge is 2.21. The molecule has 3 aromatic rings. The molecule has 1 unspecified atom stereocenters. The summed E-state index contributed by atoms with van der Waals surface area (Å²) >= 11 is 3.22. The number of rotatable bonds is 3. The third kappa shape index (κ3) is 2.25. The Balaban J connectivity index is 2.11. The molecule has 1 aromatic heterocycles. The van der Waals surface area contributed by atoms with Gasteiger partial charge in [0.15, 0.2) is 0 Å². The van der Waals surface area contributed by atoms with Gasteiger partial charge in [0, 0.05) is 10.9 Å². The lowest BCUT2D eigenvalue weighted by molar-refractivity contribution is 0.475. The SMILES string of the molecule is CNC(c1cc2ccccc2o1)c1cccc(Br)c1F. The van der Waals surface area contributed by atoms with Gasteiger partial charge >= 0.3 is 0 Å². The van der Waals surface area contributed by atoms with Gasteiger partial charge in [-0.25, -0.2) is 4.39 Å². The molecule has 0 spiro atoms. The molecule has 3 rings (SSSR count). The van der Waals surface area contributed by atoms with E-state index in [-0.39, 0.29) is 11.9 Å². The van der Waals surface area contributed by atoms with E-state index in [1.54, 1.807) is 19.2 Å². The molecule has 20 heavy (non-hydrogen) atoms. The zero-order valence-electron chi connectivity index (χ0n) is 10.9. The molecular weight excluding hydrogens is 321 g/mol. The van der Waals surface area contributed by atoms with E-state index in [0.717, 1.165) is 11.0 Å². The molecular formula is C16H13BrFNO. The smallest absolute Gasteiger partial charge is 0.142 e. The van der Waals surface area contributed by atoms with Crippen molar-refractivity contribution in [2.24, 2.45) is 0 Å². The van der Waals surface area contributed by atoms with Crippen LogP contribution in [0.15, 0.2) is 57.4 Å². The second-order valence-electron chi connectivity index (χ2n) is 4.55. The summed E-state index contributed by atoms with van der Waals surface area (Å²) in [6.45, 7) is 0. The first-order valence-electron chi connectivity index (χ1n) is 6.30. The number of furan rings is 1. The first-order chi connectivity index (χ1) is 9.70. The van der Waals surface area contributed by atoms with E-state index < -0.39 is 0 Å². The van der Waals surface area contributed by atoms with Crippen molar-refractivity contribution >= 4 is 26.9 Å². The van der Waals surface area contributed by atoms with Gasteiger partial charge in [0.05, 0.1) is 10.5 Å². The second kappa shape index (κ2) is 5.38. The van der Waals surface area contributed by atoms with Crippen LogP contribution in [0, 0.1) is 5.82 Å². The molecule has 0 amide bonds. The Bertz CT molecular complexity index is 720. The molecule has 0 aliphatic rings. The van der Waals surface area contributed by atoms with Crippen LogP contribution in [0.1, 0.15) is 17.4 Å². The van der Waals surface area contributed by atoms with E-state index in [2.05, 4.69) is 21.2 Å². The molecule has 0 aliphatic heterocycles. The summed E-state index contributed by atoms with van der Waals surface area (Å²) in [5.41, 5.74) is 1.36.